The molecule has 0 saturated heterocycles. The van der Waals surface area contributed by atoms with E-state index in [9.17, 15) is 5.11 Å². The molecule has 7 heteroatoms. The summed E-state index contributed by atoms with van der Waals surface area (Å²) in [5, 5.41) is 17.3. The van der Waals surface area contributed by atoms with Crippen LogP contribution in [0.15, 0.2) is 24.4 Å². The summed E-state index contributed by atoms with van der Waals surface area (Å²) in [4.78, 5) is 11.4. The number of nitrogens with zero attached hydrogens (tertiary/aromatic N) is 3. The summed E-state index contributed by atoms with van der Waals surface area (Å²) < 4.78 is 0. The maximum Gasteiger partial charge on any atom is 0.229 e. The molecule has 1 aliphatic heterocycles. The molecule has 6 nitrogen and oxygen atoms in total. The summed E-state index contributed by atoms with van der Waals surface area (Å²) in [5.41, 5.74) is 3.81. The number of rotatable bonds is 5. The van der Waals surface area contributed by atoms with Gasteiger partial charge in [0.1, 0.15) is 5.02 Å². The molecule has 1 fully saturated rings. The van der Waals surface area contributed by atoms with Gasteiger partial charge in [-0.2, -0.15) is 4.98 Å². The van der Waals surface area contributed by atoms with E-state index >= 15 is 0 Å². The quantitative estimate of drug-likeness (QED) is 0.685. The molecule has 1 aromatic carbocycles. The Morgan fingerprint density at radius 3 is 2.76 bits per heavy atom. The third kappa shape index (κ3) is 5.00. The van der Waals surface area contributed by atoms with Crippen molar-refractivity contribution < 1.29 is 5.11 Å². The van der Waals surface area contributed by atoms with Crippen LogP contribution in [0.4, 0.5) is 17.5 Å². The molecular formula is C22H30ClN5O. The Labute approximate surface area is 177 Å². The summed E-state index contributed by atoms with van der Waals surface area (Å²) in [7, 11) is 0. The van der Waals surface area contributed by atoms with Gasteiger partial charge in [-0.1, -0.05) is 37.4 Å². The number of hydrogen-bond donors (Lipinski definition) is 3. The first-order valence-corrected chi connectivity index (χ1v) is 11.1. The minimum atomic E-state index is -0.363. The standard InChI is InChI=1S/C22H30ClN5O/c1-2-28-11-9-15-7-8-17(13-16(15)10-12-28)25-22-24-14-18(23)21(27-22)26-19-5-3-4-6-20(19)29/h7-8,13-14,19-20,29H,2-6,9-12H2,1H3,(H2,24,25,26,27). The maximum absolute atomic E-state index is 10.2. The van der Waals surface area contributed by atoms with Gasteiger partial charge in [0.15, 0.2) is 5.82 Å². The molecular weight excluding hydrogens is 386 g/mol. The van der Waals surface area contributed by atoms with Gasteiger partial charge in [0.2, 0.25) is 5.95 Å². The fourth-order valence-corrected chi connectivity index (χ4v) is 4.42. The highest BCUT2D eigenvalue weighted by Crippen LogP contribution is 2.27. The van der Waals surface area contributed by atoms with E-state index in [2.05, 4.69) is 50.6 Å². The number of halogens is 1. The van der Waals surface area contributed by atoms with Gasteiger partial charge < -0.3 is 20.6 Å². The first kappa shape index (κ1) is 20.4. The van der Waals surface area contributed by atoms with Gasteiger partial charge in [0.05, 0.1) is 18.3 Å². The second-order valence-electron chi connectivity index (χ2n) is 8.04. The first-order chi connectivity index (χ1) is 14.1. The van der Waals surface area contributed by atoms with Gasteiger partial charge >= 0.3 is 0 Å². The van der Waals surface area contributed by atoms with Crippen molar-refractivity contribution in [2.45, 2.75) is 57.6 Å². The molecule has 2 heterocycles. The van der Waals surface area contributed by atoms with E-state index in [0.29, 0.717) is 16.8 Å². The van der Waals surface area contributed by atoms with Gasteiger partial charge in [0, 0.05) is 18.8 Å². The summed E-state index contributed by atoms with van der Waals surface area (Å²) >= 11 is 6.30. The zero-order valence-corrected chi connectivity index (χ0v) is 17.8. The number of fused-ring (bicyclic) bond motifs is 1. The number of aliphatic hydroxyl groups excluding tert-OH is 1. The van der Waals surface area contributed by atoms with Crippen LogP contribution in [-0.2, 0) is 12.8 Å². The van der Waals surface area contributed by atoms with Gasteiger partial charge in [-0.3, -0.25) is 0 Å². The summed E-state index contributed by atoms with van der Waals surface area (Å²) in [6, 6.07) is 6.50. The molecule has 2 aliphatic rings. The summed E-state index contributed by atoms with van der Waals surface area (Å²) in [6.45, 7) is 5.54. The van der Waals surface area contributed by atoms with Crippen molar-refractivity contribution in [1.29, 1.82) is 0 Å². The van der Waals surface area contributed by atoms with Crippen molar-refractivity contribution in [3.63, 3.8) is 0 Å². The number of nitrogens with one attached hydrogen (secondary N) is 2. The molecule has 1 saturated carbocycles. The van der Waals surface area contributed by atoms with E-state index in [-0.39, 0.29) is 12.1 Å². The van der Waals surface area contributed by atoms with Crippen LogP contribution in [0.25, 0.3) is 0 Å². The third-order valence-corrected chi connectivity index (χ3v) is 6.38. The highest BCUT2D eigenvalue weighted by atomic mass is 35.5. The Bertz CT molecular complexity index is 846. The van der Waals surface area contributed by atoms with Crippen LogP contribution in [0.2, 0.25) is 5.02 Å². The van der Waals surface area contributed by atoms with Crippen LogP contribution in [0.5, 0.6) is 0 Å². The third-order valence-electron chi connectivity index (χ3n) is 6.10. The van der Waals surface area contributed by atoms with E-state index in [0.717, 1.165) is 63.8 Å². The molecule has 156 valence electrons. The van der Waals surface area contributed by atoms with Gasteiger partial charge in [-0.25, -0.2) is 4.98 Å². The van der Waals surface area contributed by atoms with Crippen molar-refractivity contribution in [1.82, 2.24) is 14.9 Å². The monoisotopic (exact) mass is 415 g/mol. The van der Waals surface area contributed by atoms with Gasteiger partial charge in [-0.15, -0.1) is 0 Å². The number of hydrogen-bond acceptors (Lipinski definition) is 6. The lowest BCUT2D eigenvalue weighted by molar-refractivity contribution is 0.116. The predicted octanol–water partition coefficient (Wildman–Crippen LogP) is 4.01. The van der Waals surface area contributed by atoms with E-state index in [1.54, 1.807) is 6.20 Å². The highest BCUT2D eigenvalue weighted by molar-refractivity contribution is 6.32. The van der Waals surface area contributed by atoms with Crippen LogP contribution in [0.3, 0.4) is 0 Å². The summed E-state index contributed by atoms with van der Waals surface area (Å²) in [6.07, 6.45) is 7.31. The molecule has 0 radical (unpaired) electrons. The summed E-state index contributed by atoms with van der Waals surface area (Å²) in [5.74, 6) is 1.08. The molecule has 3 N–H and O–H groups in total. The molecule has 0 bridgehead atoms. The van der Waals surface area contributed by atoms with Crippen LogP contribution in [-0.4, -0.2) is 51.8 Å². The molecule has 1 aromatic heterocycles. The molecule has 1 aliphatic carbocycles. The number of benzene rings is 1. The molecule has 2 aromatic rings. The largest absolute Gasteiger partial charge is 0.391 e. The molecule has 0 spiro atoms. The lowest BCUT2D eigenvalue weighted by Gasteiger charge is -2.29. The predicted molar refractivity (Wildman–Crippen MR) is 118 cm³/mol. The van der Waals surface area contributed by atoms with E-state index in [1.807, 2.05) is 0 Å². The SMILES string of the molecule is CCN1CCc2ccc(Nc3ncc(Cl)c(NC4CCCCC4O)n3)cc2CC1. The van der Waals surface area contributed by atoms with E-state index in [1.165, 1.54) is 11.1 Å². The number of anilines is 3. The lowest BCUT2D eigenvalue weighted by atomic mass is 9.93. The minimum absolute atomic E-state index is 0.0157. The average molecular weight is 416 g/mol. The molecule has 2 unspecified atom stereocenters. The molecule has 29 heavy (non-hydrogen) atoms. The van der Waals surface area contributed by atoms with Crippen LogP contribution in [0, 0.1) is 0 Å². The van der Waals surface area contributed by atoms with Gasteiger partial charge in [-0.05, 0) is 55.5 Å². The zero-order valence-electron chi connectivity index (χ0n) is 17.0. The van der Waals surface area contributed by atoms with Crippen molar-refractivity contribution in [3.05, 3.63) is 40.5 Å². The van der Waals surface area contributed by atoms with E-state index in [4.69, 9.17) is 11.6 Å². The average Bonchev–Trinajstić information content (AvgIpc) is 2.94. The maximum atomic E-state index is 10.2. The molecule has 4 rings (SSSR count). The topological polar surface area (TPSA) is 73.3 Å². The Balaban J connectivity index is 1.48. The van der Waals surface area contributed by atoms with Crippen molar-refractivity contribution >= 4 is 29.1 Å². The highest BCUT2D eigenvalue weighted by Gasteiger charge is 2.24. The van der Waals surface area contributed by atoms with Crippen LogP contribution in [0.1, 0.15) is 43.7 Å². The fourth-order valence-electron chi connectivity index (χ4n) is 4.28. The Kier molecular flexibility index (Phi) is 6.53. The fraction of sp³-hybridized carbons (Fsp3) is 0.545. The van der Waals surface area contributed by atoms with Crippen molar-refractivity contribution in [2.24, 2.45) is 0 Å². The second-order valence-corrected chi connectivity index (χ2v) is 8.44. The minimum Gasteiger partial charge on any atom is -0.391 e. The van der Waals surface area contributed by atoms with Crippen molar-refractivity contribution in [2.75, 3.05) is 30.3 Å². The number of likely N-dealkylation sites (N-methyl/N-ethyl adjacent to an activating group) is 1. The number of aliphatic hydroxyl groups is 1. The first-order valence-electron chi connectivity index (χ1n) is 10.7. The zero-order chi connectivity index (χ0) is 20.2. The van der Waals surface area contributed by atoms with Crippen LogP contribution < -0.4 is 10.6 Å². The lowest BCUT2D eigenvalue weighted by Crippen LogP contribution is -2.36. The van der Waals surface area contributed by atoms with Gasteiger partial charge in [0.25, 0.3) is 0 Å². The van der Waals surface area contributed by atoms with Crippen molar-refractivity contribution in [3.8, 4) is 0 Å². The Morgan fingerprint density at radius 1 is 1.17 bits per heavy atom. The second kappa shape index (κ2) is 9.28. The molecule has 2 atom stereocenters. The Morgan fingerprint density at radius 2 is 1.97 bits per heavy atom. The number of aromatic nitrogens is 2. The van der Waals surface area contributed by atoms with Crippen LogP contribution >= 0.6 is 11.6 Å². The normalized spacial score (nSPS) is 22.6. The van der Waals surface area contributed by atoms with E-state index < -0.39 is 0 Å². The Hall–Kier alpha value is -1.89. The smallest absolute Gasteiger partial charge is 0.229 e. The molecule has 0 amide bonds.